The first kappa shape index (κ1) is 17.1. The Bertz CT molecular complexity index is 1500. The highest BCUT2D eigenvalue weighted by atomic mass is 15.1. The molecule has 0 aliphatic carbocycles. The van der Waals surface area contributed by atoms with E-state index in [-0.39, 0.29) is 0 Å². The molecule has 2 heterocycles. The Kier molecular flexibility index (Phi) is 3.78. The van der Waals surface area contributed by atoms with Crippen LogP contribution in [0.2, 0.25) is 0 Å². The Labute approximate surface area is 174 Å². The molecule has 2 aromatic heterocycles. The lowest BCUT2D eigenvalue weighted by molar-refractivity contribution is 0.827. The number of anilines is 1. The predicted octanol–water partition coefficient (Wildman–Crippen LogP) is 6.46. The zero-order valence-corrected chi connectivity index (χ0v) is 16.8. The van der Waals surface area contributed by atoms with Gasteiger partial charge in [0, 0.05) is 34.9 Å². The minimum Gasteiger partial charge on any atom is -0.352 e. The van der Waals surface area contributed by atoms with E-state index in [0.29, 0.717) is 0 Å². The van der Waals surface area contributed by atoms with E-state index in [1.54, 1.807) is 0 Å². The third kappa shape index (κ3) is 2.57. The second kappa shape index (κ2) is 6.63. The van der Waals surface area contributed by atoms with Crippen molar-refractivity contribution in [3.8, 4) is 0 Å². The number of benzene rings is 4. The highest BCUT2D eigenvalue weighted by molar-refractivity contribution is 6.20. The van der Waals surface area contributed by atoms with Crippen molar-refractivity contribution in [3.05, 3.63) is 84.4 Å². The summed E-state index contributed by atoms with van der Waals surface area (Å²) in [5, 5.41) is 8.70. The molecule has 0 atom stereocenters. The fourth-order valence-corrected chi connectivity index (χ4v) is 4.59. The van der Waals surface area contributed by atoms with Crippen LogP contribution in [0.1, 0.15) is 12.5 Å². The Morgan fingerprint density at radius 2 is 1.70 bits per heavy atom. The van der Waals surface area contributed by atoms with Gasteiger partial charge >= 0.3 is 0 Å². The van der Waals surface area contributed by atoms with Crippen molar-refractivity contribution in [3.63, 3.8) is 0 Å². The quantitative estimate of drug-likeness (QED) is 0.363. The summed E-state index contributed by atoms with van der Waals surface area (Å²) in [6.45, 7) is 3.89. The number of hydrogen-bond donors (Lipinski definition) is 2. The van der Waals surface area contributed by atoms with Gasteiger partial charge in [-0.25, -0.2) is 4.98 Å². The van der Waals surface area contributed by atoms with Gasteiger partial charge in [0.1, 0.15) is 0 Å². The zero-order valence-electron chi connectivity index (χ0n) is 16.8. The molecule has 0 spiro atoms. The van der Waals surface area contributed by atoms with Crippen LogP contribution in [0, 0.1) is 0 Å². The number of aryl methyl sites for hydroxylation is 1. The Hall–Kier alpha value is -3.79. The van der Waals surface area contributed by atoms with Crippen LogP contribution >= 0.6 is 0 Å². The molecule has 2 N–H and O–H groups in total. The highest BCUT2D eigenvalue weighted by Gasteiger charge is 2.13. The largest absolute Gasteiger partial charge is 0.352 e. The first-order chi connectivity index (χ1) is 14.8. The molecule has 4 heteroatoms. The summed E-state index contributed by atoms with van der Waals surface area (Å²) in [6, 6.07) is 28.0. The second-order valence-electron chi connectivity index (χ2n) is 7.73. The molecule has 30 heavy (non-hydrogen) atoms. The summed E-state index contributed by atoms with van der Waals surface area (Å²) in [5.74, 6) is 0.803. The lowest BCUT2D eigenvalue weighted by atomic mass is 10.0. The van der Waals surface area contributed by atoms with Gasteiger partial charge in [0.25, 0.3) is 0 Å². The topological polar surface area (TPSA) is 45.6 Å². The summed E-state index contributed by atoms with van der Waals surface area (Å²) < 4.78 is 2.41. The fourth-order valence-electron chi connectivity index (χ4n) is 4.59. The third-order valence-electron chi connectivity index (χ3n) is 5.98. The molecule has 0 bridgehead atoms. The van der Waals surface area contributed by atoms with Crippen molar-refractivity contribution < 1.29 is 0 Å². The molecule has 0 radical (unpaired) electrons. The number of imidazole rings is 1. The molecular formula is C26H22N4. The molecule has 146 valence electrons. The third-order valence-corrected chi connectivity index (χ3v) is 5.98. The molecule has 4 nitrogen and oxygen atoms in total. The van der Waals surface area contributed by atoms with E-state index in [0.717, 1.165) is 30.1 Å². The minimum absolute atomic E-state index is 0.722. The SMILES string of the molecule is CCn1c2ccc(CNc3nc4ccccc4[nH]3)cc2c2c3ccccc3ccc21. The normalized spacial score (nSPS) is 11.8. The van der Waals surface area contributed by atoms with E-state index in [9.17, 15) is 0 Å². The Balaban J connectivity index is 1.46. The number of aromatic nitrogens is 3. The molecule has 6 aromatic rings. The number of nitrogens with zero attached hydrogens (tertiary/aromatic N) is 2. The van der Waals surface area contributed by atoms with E-state index in [4.69, 9.17) is 0 Å². The van der Waals surface area contributed by atoms with Gasteiger partial charge in [0.2, 0.25) is 5.95 Å². The molecule has 0 amide bonds. The fraction of sp³-hybridized carbons (Fsp3) is 0.115. The van der Waals surface area contributed by atoms with Crippen LogP contribution in [0.5, 0.6) is 0 Å². The zero-order chi connectivity index (χ0) is 20.1. The second-order valence-corrected chi connectivity index (χ2v) is 7.73. The number of aromatic amines is 1. The molecule has 0 saturated heterocycles. The number of rotatable bonds is 4. The highest BCUT2D eigenvalue weighted by Crippen LogP contribution is 2.35. The summed E-state index contributed by atoms with van der Waals surface area (Å²) in [5.41, 5.74) is 5.86. The lowest BCUT2D eigenvalue weighted by Crippen LogP contribution is -2.01. The molecular weight excluding hydrogens is 368 g/mol. The molecule has 6 rings (SSSR count). The summed E-state index contributed by atoms with van der Waals surface area (Å²) >= 11 is 0. The van der Waals surface area contributed by atoms with E-state index in [1.165, 1.54) is 38.1 Å². The molecule has 0 unspecified atom stereocenters. The number of nitrogens with one attached hydrogen (secondary N) is 2. The van der Waals surface area contributed by atoms with Crippen molar-refractivity contribution in [2.45, 2.75) is 20.0 Å². The van der Waals surface area contributed by atoms with Gasteiger partial charge in [0.15, 0.2) is 0 Å². The molecule has 0 aliphatic heterocycles. The maximum Gasteiger partial charge on any atom is 0.201 e. The average Bonchev–Trinajstić information content (AvgIpc) is 3.35. The summed E-state index contributed by atoms with van der Waals surface area (Å²) in [7, 11) is 0. The monoisotopic (exact) mass is 390 g/mol. The molecule has 0 saturated carbocycles. The van der Waals surface area contributed by atoms with Gasteiger partial charge in [-0.3, -0.25) is 0 Å². The maximum atomic E-state index is 4.63. The maximum absolute atomic E-state index is 4.63. The predicted molar refractivity (Wildman–Crippen MR) is 126 cm³/mol. The van der Waals surface area contributed by atoms with Crippen molar-refractivity contribution in [1.29, 1.82) is 0 Å². The standard InChI is InChI=1S/C26H22N4/c1-2-30-23-13-11-17(16-27-26-28-21-9-5-6-10-22(21)29-26)15-20(23)25-19-8-4-3-7-18(19)12-14-24(25)30/h3-15H,2,16H2,1H3,(H2,27,28,29). The van der Waals surface area contributed by atoms with E-state index in [1.807, 2.05) is 24.3 Å². The average molecular weight is 390 g/mol. The Morgan fingerprint density at radius 3 is 2.60 bits per heavy atom. The molecule has 0 fully saturated rings. The van der Waals surface area contributed by atoms with Crippen LogP contribution in [0.4, 0.5) is 5.95 Å². The lowest BCUT2D eigenvalue weighted by Gasteiger charge is -2.05. The van der Waals surface area contributed by atoms with E-state index >= 15 is 0 Å². The summed E-state index contributed by atoms with van der Waals surface area (Å²) in [6.07, 6.45) is 0. The van der Waals surface area contributed by atoms with Crippen LogP contribution < -0.4 is 5.32 Å². The van der Waals surface area contributed by atoms with E-state index < -0.39 is 0 Å². The van der Waals surface area contributed by atoms with Crippen LogP contribution in [0.25, 0.3) is 43.6 Å². The first-order valence-electron chi connectivity index (χ1n) is 10.4. The van der Waals surface area contributed by atoms with Gasteiger partial charge in [-0.15, -0.1) is 0 Å². The van der Waals surface area contributed by atoms with Gasteiger partial charge in [-0.2, -0.15) is 0 Å². The Morgan fingerprint density at radius 1 is 0.867 bits per heavy atom. The van der Waals surface area contributed by atoms with Crippen LogP contribution in [-0.2, 0) is 13.1 Å². The smallest absolute Gasteiger partial charge is 0.201 e. The van der Waals surface area contributed by atoms with Crippen molar-refractivity contribution in [2.75, 3.05) is 5.32 Å². The minimum atomic E-state index is 0.722. The van der Waals surface area contributed by atoms with Gasteiger partial charge in [-0.1, -0.05) is 48.5 Å². The molecule has 4 aromatic carbocycles. The van der Waals surface area contributed by atoms with Crippen LogP contribution in [-0.4, -0.2) is 14.5 Å². The number of fused-ring (bicyclic) bond motifs is 6. The number of hydrogen-bond acceptors (Lipinski definition) is 2. The van der Waals surface area contributed by atoms with Crippen molar-refractivity contribution in [2.24, 2.45) is 0 Å². The number of para-hydroxylation sites is 2. The number of H-pyrrole nitrogens is 1. The van der Waals surface area contributed by atoms with Gasteiger partial charge < -0.3 is 14.9 Å². The van der Waals surface area contributed by atoms with E-state index in [2.05, 4.69) is 81.4 Å². The van der Waals surface area contributed by atoms with Crippen molar-refractivity contribution in [1.82, 2.24) is 14.5 Å². The molecule has 0 aliphatic rings. The summed E-state index contributed by atoms with van der Waals surface area (Å²) in [4.78, 5) is 7.97. The van der Waals surface area contributed by atoms with Crippen LogP contribution in [0.15, 0.2) is 78.9 Å². The first-order valence-corrected chi connectivity index (χ1v) is 10.4. The van der Waals surface area contributed by atoms with Crippen LogP contribution in [0.3, 0.4) is 0 Å². The van der Waals surface area contributed by atoms with Gasteiger partial charge in [0.05, 0.1) is 11.0 Å². The van der Waals surface area contributed by atoms with Gasteiger partial charge in [-0.05, 0) is 53.6 Å². The van der Waals surface area contributed by atoms with Crippen molar-refractivity contribution >= 4 is 49.6 Å².